The molecule has 1 fully saturated rings. The number of nitrogens with zero attached hydrogens (tertiary/aromatic N) is 2. The molecule has 1 saturated heterocycles. The molecule has 102 valence electrons. The normalized spacial score (nSPS) is 26.1. The summed E-state index contributed by atoms with van der Waals surface area (Å²) < 4.78 is 0. The van der Waals surface area contributed by atoms with Crippen molar-refractivity contribution in [2.24, 2.45) is 5.73 Å². The fourth-order valence-corrected chi connectivity index (χ4v) is 3.36. The van der Waals surface area contributed by atoms with Crippen LogP contribution in [0.2, 0.25) is 0 Å². The van der Waals surface area contributed by atoms with Crippen LogP contribution in [0.25, 0.3) is 0 Å². The Bertz CT molecular complexity index is 488. The Kier molecular flexibility index (Phi) is 3.19. The Morgan fingerprint density at radius 2 is 2.16 bits per heavy atom. The summed E-state index contributed by atoms with van der Waals surface area (Å²) in [7, 11) is 1.89. The number of carbonyl (C=O) groups excluding carboxylic acids is 1. The van der Waals surface area contributed by atoms with Crippen molar-refractivity contribution in [1.82, 2.24) is 4.90 Å². The van der Waals surface area contributed by atoms with Gasteiger partial charge in [0.15, 0.2) is 0 Å². The molecule has 2 heterocycles. The largest absolute Gasteiger partial charge is 0.359 e. The van der Waals surface area contributed by atoms with E-state index in [-0.39, 0.29) is 11.9 Å². The number of carbonyl (C=O) groups is 1. The number of fused-ring (bicyclic) bond motifs is 1. The number of likely N-dealkylation sites (N-methyl/N-ethyl adjacent to an activating group) is 1. The van der Waals surface area contributed by atoms with Crippen LogP contribution in [0.1, 0.15) is 24.3 Å². The molecule has 2 aliphatic rings. The Balaban J connectivity index is 1.90. The van der Waals surface area contributed by atoms with Crippen molar-refractivity contribution in [3.63, 3.8) is 0 Å². The van der Waals surface area contributed by atoms with Gasteiger partial charge >= 0.3 is 0 Å². The van der Waals surface area contributed by atoms with Crippen LogP contribution in [0.15, 0.2) is 24.3 Å². The van der Waals surface area contributed by atoms with E-state index < -0.39 is 0 Å². The van der Waals surface area contributed by atoms with Crippen LogP contribution in [0.4, 0.5) is 5.69 Å². The third-order valence-electron chi connectivity index (χ3n) is 4.39. The molecule has 0 aromatic heterocycles. The lowest BCUT2D eigenvalue weighted by molar-refractivity contribution is -0.127. The molecule has 1 aromatic rings. The molecule has 4 nitrogen and oxygen atoms in total. The number of rotatable bonds is 3. The van der Waals surface area contributed by atoms with E-state index in [1.165, 1.54) is 11.3 Å². The number of anilines is 1. The lowest BCUT2D eigenvalue weighted by atomic mass is 9.98. The number of benzene rings is 1. The quantitative estimate of drug-likeness (QED) is 0.886. The fourth-order valence-electron chi connectivity index (χ4n) is 3.36. The Morgan fingerprint density at radius 1 is 1.37 bits per heavy atom. The molecule has 4 heteroatoms. The number of hydrogen-bond donors (Lipinski definition) is 1. The van der Waals surface area contributed by atoms with Gasteiger partial charge in [-0.15, -0.1) is 0 Å². The van der Waals surface area contributed by atoms with Crippen LogP contribution in [0, 0.1) is 0 Å². The van der Waals surface area contributed by atoms with Gasteiger partial charge in [0.2, 0.25) is 5.91 Å². The summed E-state index contributed by atoms with van der Waals surface area (Å²) in [6.07, 6.45) is 1.92. The molecular formula is C15H21N3O. The predicted molar refractivity (Wildman–Crippen MR) is 76.2 cm³/mol. The highest BCUT2D eigenvalue weighted by atomic mass is 16.2. The molecule has 0 spiro atoms. The Hall–Kier alpha value is -1.55. The van der Waals surface area contributed by atoms with Crippen molar-refractivity contribution in [1.29, 1.82) is 0 Å². The van der Waals surface area contributed by atoms with E-state index in [1.807, 2.05) is 11.9 Å². The van der Waals surface area contributed by atoms with Crippen LogP contribution < -0.4 is 10.6 Å². The van der Waals surface area contributed by atoms with Crippen LogP contribution in [0.5, 0.6) is 0 Å². The minimum absolute atomic E-state index is 0.0222. The van der Waals surface area contributed by atoms with E-state index in [9.17, 15) is 4.79 Å². The van der Waals surface area contributed by atoms with E-state index in [4.69, 9.17) is 5.73 Å². The average molecular weight is 259 g/mol. The van der Waals surface area contributed by atoms with Crippen LogP contribution in [-0.4, -0.2) is 43.5 Å². The second-order valence-corrected chi connectivity index (χ2v) is 5.55. The standard InChI is InChI=1S/C15H21N3O/c1-17-9-7-14(15(17)19)18-10-11(6-8-16)12-4-2-3-5-13(12)18/h2-5,11,14H,6-10,16H2,1H3. The second kappa shape index (κ2) is 4.85. The van der Waals surface area contributed by atoms with Crippen molar-refractivity contribution >= 4 is 11.6 Å². The highest BCUT2D eigenvalue weighted by Crippen LogP contribution is 2.40. The molecule has 19 heavy (non-hydrogen) atoms. The summed E-state index contributed by atoms with van der Waals surface area (Å²) >= 11 is 0. The lowest BCUT2D eigenvalue weighted by Gasteiger charge is -2.26. The second-order valence-electron chi connectivity index (χ2n) is 5.55. The third kappa shape index (κ3) is 2.00. The van der Waals surface area contributed by atoms with Gasteiger partial charge < -0.3 is 15.5 Å². The minimum atomic E-state index is 0.0222. The molecule has 2 unspecified atom stereocenters. The van der Waals surface area contributed by atoms with Crippen molar-refractivity contribution in [3.05, 3.63) is 29.8 Å². The fraction of sp³-hybridized carbons (Fsp3) is 0.533. The molecule has 0 radical (unpaired) electrons. The van der Waals surface area contributed by atoms with Gasteiger partial charge in [0.05, 0.1) is 0 Å². The highest BCUT2D eigenvalue weighted by Gasteiger charge is 2.39. The molecule has 3 rings (SSSR count). The van der Waals surface area contributed by atoms with Crippen molar-refractivity contribution in [2.45, 2.75) is 24.8 Å². The van der Waals surface area contributed by atoms with E-state index in [1.54, 1.807) is 0 Å². The maximum Gasteiger partial charge on any atom is 0.245 e. The van der Waals surface area contributed by atoms with E-state index in [2.05, 4.69) is 29.2 Å². The summed E-state index contributed by atoms with van der Waals surface area (Å²) in [6, 6.07) is 8.47. The van der Waals surface area contributed by atoms with Gasteiger partial charge in [0.25, 0.3) is 0 Å². The van der Waals surface area contributed by atoms with Crippen molar-refractivity contribution in [3.8, 4) is 0 Å². The number of para-hydroxylation sites is 1. The van der Waals surface area contributed by atoms with E-state index >= 15 is 0 Å². The van der Waals surface area contributed by atoms with E-state index in [0.29, 0.717) is 12.5 Å². The van der Waals surface area contributed by atoms with Gasteiger partial charge in [-0.05, 0) is 31.0 Å². The molecule has 2 N–H and O–H groups in total. The van der Waals surface area contributed by atoms with Crippen LogP contribution >= 0.6 is 0 Å². The monoisotopic (exact) mass is 259 g/mol. The summed E-state index contributed by atoms with van der Waals surface area (Å²) in [5.41, 5.74) is 8.31. The zero-order valence-corrected chi connectivity index (χ0v) is 11.4. The zero-order chi connectivity index (χ0) is 13.4. The summed E-state index contributed by atoms with van der Waals surface area (Å²) in [5, 5.41) is 0. The van der Waals surface area contributed by atoms with Gasteiger partial charge in [0.1, 0.15) is 6.04 Å². The molecule has 2 aliphatic heterocycles. The smallest absolute Gasteiger partial charge is 0.245 e. The maximum atomic E-state index is 12.2. The average Bonchev–Trinajstić information content (AvgIpc) is 2.94. The first-order valence-electron chi connectivity index (χ1n) is 7.03. The SMILES string of the molecule is CN1CCC(N2CC(CCN)c3ccccc32)C1=O. The number of hydrogen-bond acceptors (Lipinski definition) is 3. The number of nitrogens with two attached hydrogens (primary N) is 1. The van der Waals surface area contributed by atoms with E-state index in [0.717, 1.165) is 25.9 Å². The zero-order valence-electron chi connectivity index (χ0n) is 11.4. The highest BCUT2D eigenvalue weighted by molar-refractivity contribution is 5.88. The third-order valence-corrected chi connectivity index (χ3v) is 4.39. The number of amides is 1. The first-order chi connectivity index (χ1) is 9.22. The maximum absolute atomic E-state index is 12.2. The van der Waals surface area contributed by atoms with Gasteiger partial charge in [0, 0.05) is 31.7 Å². The lowest BCUT2D eigenvalue weighted by Crippen LogP contribution is -2.40. The van der Waals surface area contributed by atoms with Crippen LogP contribution in [0.3, 0.4) is 0 Å². The molecule has 0 saturated carbocycles. The van der Waals surface area contributed by atoms with Crippen molar-refractivity contribution < 1.29 is 4.79 Å². The predicted octanol–water partition coefficient (Wildman–Crippen LogP) is 1.17. The molecule has 1 aromatic carbocycles. The number of likely N-dealkylation sites (tertiary alicyclic amines) is 1. The van der Waals surface area contributed by atoms with Gasteiger partial charge in [-0.25, -0.2) is 0 Å². The molecule has 0 bridgehead atoms. The molecule has 1 amide bonds. The van der Waals surface area contributed by atoms with Gasteiger partial charge in [-0.1, -0.05) is 18.2 Å². The Morgan fingerprint density at radius 3 is 2.84 bits per heavy atom. The molecule has 2 atom stereocenters. The van der Waals surface area contributed by atoms with Crippen molar-refractivity contribution in [2.75, 3.05) is 31.6 Å². The summed E-state index contributed by atoms with van der Waals surface area (Å²) in [5.74, 6) is 0.725. The van der Waals surface area contributed by atoms with Gasteiger partial charge in [-0.3, -0.25) is 4.79 Å². The summed E-state index contributed by atoms with van der Waals surface area (Å²) in [4.78, 5) is 16.4. The first kappa shape index (κ1) is 12.5. The summed E-state index contributed by atoms with van der Waals surface area (Å²) in [6.45, 7) is 2.50. The minimum Gasteiger partial charge on any atom is -0.359 e. The van der Waals surface area contributed by atoms with Gasteiger partial charge in [-0.2, -0.15) is 0 Å². The Labute approximate surface area is 114 Å². The van der Waals surface area contributed by atoms with Crippen LogP contribution in [-0.2, 0) is 4.79 Å². The molecular weight excluding hydrogens is 238 g/mol. The first-order valence-corrected chi connectivity index (χ1v) is 7.03. The molecule has 0 aliphatic carbocycles. The topological polar surface area (TPSA) is 49.6 Å².